The van der Waals surface area contributed by atoms with E-state index in [1.54, 1.807) is 12.1 Å². The van der Waals surface area contributed by atoms with Crippen molar-refractivity contribution in [2.24, 2.45) is 5.92 Å². The highest BCUT2D eigenvalue weighted by Gasteiger charge is 2.31. The topological polar surface area (TPSA) is 71.0 Å². The van der Waals surface area contributed by atoms with E-state index in [0.29, 0.717) is 5.92 Å². The van der Waals surface area contributed by atoms with Crippen LogP contribution in [0.2, 0.25) is 0 Å². The van der Waals surface area contributed by atoms with E-state index in [9.17, 15) is 9.90 Å². The average Bonchev–Trinajstić information content (AvgIpc) is 2.59. The van der Waals surface area contributed by atoms with Crippen LogP contribution in [0.4, 0.5) is 0 Å². The third-order valence-corrected chi connectivity index (χ3v) is 4.84. The first-order chi connectivity index (χ1) is 11.6. The molecule has 0 aliphatic carbocycles. The van der Waals surface area contributed by atoms with Crippen LogP contribution in [0.3, 0.4) is 0 Å². The zero-order valence-electron chi connectivity index (χ0n) is 15.0. The van der Waals surface area contributed by atoms with Crippen molar-refractivity contribution in [1.82, 2.24) is 10.2 Å². The molecule has 148 valence electrons. The summed E-state index contributed by atoms with van der Waals surface area (Å²) in [4.78, 5) is 13.6. The van der Waals surface area contributed by atoms with Gasteiger partial charge in [0.2, 0.25) is 0 Å². The molecule has 2 aliphatic heterocycles. The van der Waals surface area contributed by atoms with Gasteiger partial charge in [0, 0.05) is 52.4 Å². The van der Waals surface area contributed by atoms with Gasteiger partial charge in [0.1, 0.15) is 0 Å². The van der Waals surface area contributed by atoms with Crippen molar-refractivity contribution in [3.63, 3.8) is 0 Å². The highest BCUT2D eigenvalue weighted by atomic mass is 35.5. The van der Waals surface area contributed by atoms with Crippen molar-refractivity contribution in [2.45, 2.75) is 25.8 Å². The maximum atomic E-state index is 11.1. The number of ether oxygens (including phenoxy) is 2. The fraction of sp³-hybridized carbons (Fsp3) is 0.611. The van der Waals surface area contributed by atoms with Crippen LogP contribution in [0, 0.1) is 5.92 Å². The van der Waals surface area contributed by atoms with E-state index >= 15 is 0 Å². The number of halogens is 2. The lowest BCUT2D eigenvalue weighted by Crippen LogP contribution is -2.47. The molecule has 1 aromatic rings. The number of nitrogens with zero attached hydrogens (tertiary/aromatic N) is 1. The minimum atomic E-state index is -0.430. The molecule has 0 bridgehead atoms. The summed E-state index contributed by atoms with van der Waals surface area (Å²) in [5, 5.41) is 13.6. The summed E-state index contributed by atoms with van der Waals surface area (Å²) < 4.78 is 10.6. The third kappa shape index (κ3) is 5.72. The number of carbonyl (C=O) groups excluding carboxylic acids is 1. The Kier molecular flexibility index (Phi) is 9.68. The second-order valence-electron chi connectivity index (χ2n) is 6.50. The Morgan fingerprint density at radius 2 is 1.92 bits per heavy atom. The zero-order chi connectivity index (χ0) is 16.9. The second kappa shape index (κ2) is 10.9. The summed E-state index contributed by atoms with van der Waals surface area (Å²) in [7, 11) is 0. The highest BCUT2D eigenvalue weighted by Crippen LogP contribution is 2.38. The molecule has 0 unspecified atom stereocenters. The number of aromatic hydroxyl groups is 1. The lowest BCUT2D eigenvalue weighted by molar-refractivity contribution is -0.132. The molecule has 2 saturated heterocycles. The van der Waals surface area contributed by atoms with Gasteiger partial charge in [0.15, 0.2) is 11.5 Å². The van der Waals surface area contributed by atoms with Gasteiger partial charge in [0.05, 0.1) is 0 Å². The molecule has 0 radical (unpaired) electrons. The van der Waals surface area contributed by atoms with Crippen molar-refractivity contribution < 1.29 is 19.4 Å². The Bertz CT molecular complexity index is 558. The third-order valence-electron chi connectivity index (χ3n) is 4.84. The van der Waals surface area contributed by atoms with Gasteiger partial charge in [-0.2, -0.15) is 0 Å². The average molecular weight is 407 g/mol. The van der Waals surface area contributed by atoms with Crippen molar-refractivity contribution in [2.75, 3.05) is 39.4 Å². The molecule has 0 aromatic heterocycles. The molecule has 0 spiro atoms. The Balaban J connectivity index is 0.00000169. The van der Waals surface area contributed by atoms with Gasteiger partial charge in [-0.25, -0.2) is 0 Å². The molecule has 0 amide bonds. The first-order valence-corrected chi connectivity index (χ1v) is 8.69. The van der Waals surface area contributed by atoms with E-state index in [4.69, 9.17) is 9.47 Å². The summed E-state index contributed by atoms with van der Waals surface area (Å²) in [5.74, 6) is 0.323. The number of phenolic OH excluding ortho intramolecular Hbond substituents is 1. The van der Waals surface area contributed by atoms with Gasteiger partial charge in [0.25, 0.3) is 0 Å². The molecule has 8 heteroatoms. The number of benzene rings is 1. The summed E-state index contributed by atoms with van der Waals surface area (Å²) >= 11 is 0. The second-order valence-corrected chi connectivity index (χ2v) is 6.50. The quantitative estimate of drug-likeness (QED) is 0.591. The predicted octanol–water partition coefficient (Wildman–Crippen LogP) is 2.53. The van der Waals surface area contributed by atoms with Crippen LogP contribution in [0.5, 0.6) is 11.5 Å². The van der Waals surface area contributed by atoms with Crippen LogP contribution >= 0.6 is 24.8 Å². The molecule has 26 heavy (non-hydrogen) atoms. The minimum Gasteiger partial charge on any atom is -0.504 e. The monoisotopic (exact) mass is 406 g/mol. The lowest BCUT2D eigenvalue weighted by Gasteiger charge is -2.41. The van der Waals surface area contributed by atoms with Crippen LogP contribution < -0.4 is 10.1 Å². The molecule has 2 heterocycles. The van der Waals surface area contributed by atoms with Gasteiger partial charge < -0.3 is 19.9 Å². The van der Waals surface area contributed by atoms with Crippen molar-refractivity contribution >= 4 is 30.8 Å². The van der Waals surface area contributed by atoms with Crippen molar-refractivity contribution in [3.05, 3.63) is 23.8 Å². The van der Waals surface area contributed by atoms with Crippen molar-refractivity contribution in [3.8, 4) is 11.5 Å². The first-order valence-electron chi connectivity index (χ1n) is 8.69. The Morgan fingerprint density at radius 1 is 1.27 bits per heavy atom. The smallest absolute Gasteiger partial charge is 0.308 e. The van der Waals surface area contributed by atoms with Crippen LogP contribution in [0.1, 0.15) is 31.4 Å². The molecular formula is C18H28Cl2N2O4. The SMILES string of the molecule is CC(=O)Oc1ccc([C@H](C2CCOCC2)N2CCNCC2)cc1O.Cl.Cl. The maximum Gasteiger partial charge on any atom is 0.308 e. The predicted molar refractivity (Wildman–Crippen MR) is 105 cm³/mol. The molecule has 2 N–H and O–H groups in total. The summed E-state index contributed by atoms with van der Waals surface area (Å²) in [6, 6.07) is 5.68. The van der Waals surface area contributed by atoms with Crippen LogP contribution in [0.15, 0.2) is 18.2 Å². The molecule has 1 aromatic carbocycles. The number of hydrogen-bond donors (Lipinski definition) is 2. The van der Waals surface area contributed by atoms with Gasteiger partial charge in [-0.05, 0) is 36.5 Å². The first kappa shape index (κ1) is 23.0. The normalized spacial score (nSPS) is 19.7. The van der Waals surface area contributed by atoms with Gasteiger partial charge >= 0.3 is 5.97 Å². The summed E-state index contributed by atoms with van der Waals surface area (Å²) in [6.07, 6.45) is 2.06. The largest absolute Gasteiger partial charge is 0.504 e. The molecule has 3 rings (SSSR count). The van der Waals surface area contributed by atoms with E-state index in [1.807, 2.05) is 6.07 Å². The fourth-order valence-electron chi connectivity index (χ4n) is 3.73. The molecular weight excluding hydrogens is 379 g/mol. The number of nitrogens with one attached hydrogen (secondary N) is 1. The maximum absolute atomic E-state index is 11.1. The Labute approximate surface area is 167 Å². The van der Waals surface area contributed by atoms with E-state index in [0.717, 1.165) is 57.8 Å². The standard InChI is InChI=1S/C18H26N2O4.2ClH/c1-13(21)24-17-3-2-15(12-16(17)22)18(14-4-10-23-11-5-14)20-8-6-19-7-9-20;;/h2-3,12,14,18-19,22H,4-11H2,1H3;2*1H/t18-;;/m0../s1. The number of esters is 1. The Hall–Kier alpha value is -1.05. The van der Waals surface area contributed by atoms with Crippen molar-refractivity contribution in [1.29, 1.82) is 0 Å². The highest BCUT2D eigenvalue weighted by molar-refractivity contribution is 5.85. The number of phenols is 1. The molecule has 6 nitrogen and oxygen atoms in total. The van der Waals surface area contributed by atoms with Gasteiger partial charge in [-0.1, -0.05) is 6.07 Å². The summed E-state index contributed by atoms with van der Waals surface area (Å²) in [6.45, 7) is 6.88. The lowest BCUT2D eigenvalue weighted by atomic mass is 9.85. The Morgan fingerprint density at radius 3 is 2.50 bits per heavy atom. The number of carbonyl (C=O) groups is 1. The van der Waals surface area contributed by atoms with E-state index in [-0.39, 0.29) is 42.4 Å². The number of hydrogen-bond acceptors (Lipinski definition) is 6. The minimum absolute atomic E-state index is 0. The van der Waals surface area contributed by atoms with E-state index in [1.165, 1.54) is 6.92 Å². The fourth-order valence-corrected chi connectivity index (χ4v) is 3.73. The number of piperazine rings is 1. The molecule has 1 atom stereocenters. The summed E-state index contributed by atoms with van der Waals surface area (Å²) in [5.41, 5.74) is 1.08. The molecule has 0 saturated carbocycles. The van der Waals surface area contributed by atoms with Crippen LogP contribution in [0.25, 0.3) is 0 Å². The molecule has 2 fully saturated rings. The number of rotatable bonds is 4. The zero-order valence-corrected chi connectivity index (χ0v) is 16.6. The van der Waals surface area contributed by atoms with Gasteiger partial charge in [-0.15, -0.1) is 24.8 Å². The van der Waals surface area contributed by atoms with Crippen LogP contribution in [-0.4, -0.2) is 55.4 Å². The van der Waals surface area contributed by atoms with Crippen LogP contribution in [-0.2, 0) is 9.53 Å². The van der Waals surface area contributed by atoms with E-state index < -0.39 is 5.97 Å². The van der Waals surface area contributed by atoms with E-state index in [2.05, 4.69) is 10.2 Å². The molecule has 2 aliphatic rings. The van der Waals surface area contributed by atoms with Gasteiger partial charge in [-0.3, -0.25) is 9.69 Å².